The van der Waals surface area contributed by atoms with Crippen LogP contribution in [-0.2, 0) is 4.74 Å². The minimum Gasteiger partial charge on any atom is -0.368 e. The number of hydrogen-bond acceptors (Lipinski definition) is 3. The Morgan fingerprint density at radius 3 is 2.39 bits per heavy atom. The quantitative estimate of drug-likeness (QED) is 0.821. The first kappa shape index (κ1) is 14.3. The molecule has 106 valence electrons. The largest absolute Gasteiger partial charge is 0.368 e. The highest BCUT2D eigenvalue weighted by molar-refractivity contribution is 5.04. The van der Waals surface area contributed by atoms with E-state index >= 15 is 0 Å². The number of piperidine rings is 1. The van der Waals surface area contributed by atoms with E-state index in [1.165, 1.54) is 25.9 Å². The Kier molecular flexibility index (Phi) is 3.79. The summed E-state index contributed by atoms with van der Waals surface area (Å²) in [5.41, 5.74) is 6.13. The normalized spacial score (nSPS) is 40.0. The Morgan fingerprint density at radius 2 is 1.89 bits per heavy atom. The maximum absolute atomic E-state index is 6.43. The summed E-state index contributed by atoms with van der Waals surface area (Å²) in [6, 6.07) is 0.129. The zero-order chi connectivity index (χ0) is 13.6. The average Bonchev–Trinajstić information content (AvgIpc) is 2.37. The van der Waals surface area contributed by atoms with E-state index in [1.54, 1.807) is 0 Å². The molecular weight excluding hydrogens is 224 g/mol. The average molecular weight is 254 g/mol. The molecule has 0 bridgehead atoms. The molecule has 3 nitrogen and oxygen atoms in total. The summed E-state index contributed by atoms with van der Waals surface area (Å²) in [5, 5.41) is 0. The van der Waals surface area contributed by atoms with Gasteiger partial charge in [-0.1, -0.05) is 6.92 Å². The van der Waals surface area contributed by atoms with Gasteiger partial charge in [0.25, 0.3) is 0 Å². The lowest BCUT2D eigenvalue weighted by molar-refractivity contribution is -0.0790. The van der Waals surface area contributed by atoms with Gasteiger partial charge in [-0.15, -0.1) is 0 Å². The van der Waals surface area contributed by atoms with E-state index in [0.717, 1.165) is 12.5 Å². The summed E-state index contributed by atoms with van der Waals surface area (Å²) >= 11 is 0. The van der Waals surface area contributed by atoms with Gasteiger partial charge in [0.05, 0.1) is 11.2 Å². The van der Waals surface area contributed by atoms with Crippen LogP contribution in [0, 0.1) is 11.8 Å². The summed E-state index contributed by atoms with van der Waals surface area (Å²) in [4.78, 5) is 2.59. The fraction of sp³-hybridized carbons (Fsp3) is 1.00. The van der Waals surface area contributed by atoms with E-state index in [-0.39, 0.29) is 17.2 Å². The van der Waals surface area contributed by atoms with E-state index in [1.807, 2.05) is 0 Å². The van der Waals surface area contributed by atoms with Crippen LogP contribution in [0.1, 0.15) is 47.5 Å². The Labute approximate surface area is 112 Å². The number of hydrogen-bond donors (Lipinski definition) is 1. The lowest BCUT2D eigenvalue weighted by Crippen LogP contribution is -2.49. The van der Waals surface area contributed by atoms with Gasteiger partial charge in [0.1, 0.15) is 0 Å². The maximum Gasteiger partial charge on any atom is 0.0788 e. The minimum atomic E-state index is -0.199. The highest BCUT2D eigenvalue weighted by Gasteiger charge is 2.52. The maximum atomic E-state index is 6.43. The third-order valence-corrected chi connectivity index (χ3v) is 4.85. The van der Waals surface area contributed by atoms with E-state index in [4.69, 9.17) is 10.5 Å². The Bertz CT molecular complexity index is 301. The number of nitrogens with zero attached hydrogens (tertiary/aromatic N) is 1. The first-order valence-corrected chi connectivity index (χ1v) is 7.40. The number of likely N-dealkylation sites (tertiary alicyclic amines) is 1. The number of ether oxygens (including phenoxy) is 1. The lowest BCUT2D eigenvalue weighted by Gasteiger charge is -2.37. The third kappa shape index (κ3) is 2.73. The molecule has 2 aliphatic rings. The second-order valence-electron chi connectivity index (χ2n) is 7.45. The summed E-state index contributed by atoms with van der Waals surface area (Å²) in [6.07, 6.45) is 2.70. The molecule has 2 heterocycles. The van der Waals surface area contributed by atoms with E-state index < -0.39 is 0 Å². The van der Waals surface area contributed by atoms with Crippen LogP contribution in [0.3, 0.4) is 0 Å². The predicted octanol–water partition coefficient (Wildman–Crippen LogP) is 2.25. The van der Waals surface area contributed by atoms with Gasteiger partial charge in [0.2, 0.25) is 0 Å². The second-order valence-corrected chi connectivity index (χ2v) is 7.45. The molecule has 3 unspecified atom stereocenters. The Hall–Kier alpha value is -0.120. The van der Waals surface area contributed by atoms with Crippen molar-refractivity contribution < 1.29 is 4.74 Å². The van der Waals surface area contributed by atoms with E-state index in [9.17, 15) is 0 Å². The van der Waals surface area contributed by atoms with Gasteiger partial charge in [-0.2, -0.15) is 0 Å². The number of nitrogens with two attached hydrogens (primary N) is 1. The van der Waals surface area contributed by atoms with Gasteiger partial charge in [-0.05, 0) is 53.0 Å². The van der Waals surface area contributed by atoms with Crippen LogP contribution in [0.4, 0.5) is 0 Å². The van der Waals surface area contributed by atoms with Gasteiger partial charge in [-0.25, -0.2) is 0 Å². The van der Waals surface area contributed by atoms with Crippen molar-refractivity contribution in [2.75, 3.05) is 19.6 Å². The fourth-order valence-corrected chi connectivity index (χ4v) is 3.80. The molecule has 2 rings (SSSR count). The Balaban J connectivity index is 2.03. The zero-order valence-electron chi connectivity index (χ0n) is 12.7. The molecular formula is C15H30N2O. The first-order valence-electron chi connectivity index (χ1n) is 7.40. The number of rotatable bonds is 2. The summed E-state index contributed by atoms with van der Waals surface area (Å²) < 4.78 is 6.18. The molecule has 3 heteroatoms. The third-order valence-electron chi connectivity index (χ3n) is 4.85. The highest BCUT2D eigenvalue weighted by Crippen LogP contribution is 2.41. The van der Waals surface area contributed by atoms with Crippen molar-refractivity contribution >= 4 is 0 Å². The topological polar surface area (TPSA) is 38.5 Å². The molecule has 2 N–H and O–H groups in total. The smallest absolute Gasteiger partial charge is 0.0788 e. The molecule has 0 radical (unpaired) electrons. The zero-order valence-corrected chi connectivity index (χ0v) is 12.7. The van der Waals surface area contributed by atoms with Crippen molar-refractivity contribution in [1.29, 1.82) is 0 Å². The van der Waals surface area contributed by atoms with Gasteiger partial charge in [0, 0.05) is 25.0 Å². The lowest BCUT2D eigenvalue weighted by atomic mass is 9.82. The molecule has 0 amide bonds. The van der Waals surface area contributed by atoms with Crippen molar-refractivity contribution in [1.82, 2.24) is 4.90 Å². The minimum absolute atomic E-state index is 0.108. The molecule has 2 aliphatic heterocycles. The van der Waals surface area contributed by atoms with Gasteiger partial charge in [-0.3, -0.25) is 0 Å². The molecule has 18 heavy (non-hydrogen) atoms. The van der Waals surface area contributed by atoms with Crippen LogP contribution < -0.4 is 5.73 Å². The van der Waals surface area contributed by atoms with Crippen LogP contribution in [-0.4, -0.2) is 41.8 Å². The molecule has 2 fully saturated rings. The molecule has 0 aromatic heterocycles. The van der Waals surface area contributed by atoms with Crippen LogP contribution in [0.5, 0.6) is 0 Å². The molecule has 0 aliphatic carbocycles. The van der Waals surface area contributed by atoms with Gasteiger partial charge < -0.3 is 15.4 Å². The fourth-order valence-electron chi connectivity index (χ4n) is 3.80. The standard InChI is InChI=1S/C15H30N2O/c1-11-7-6-8-17(9-11)10-12-13(16)15(4,5)18-14(12,2)3/h11-13H,6-10,16H2,1-5H3. The van der Waals surface area contributed by atoms with Crippen LogP contribution in [0.2, 0.25) is 0 Å². The van der Waals surface area contributed by atoms with Gasteiger partial charge >= 0.3 is 0 Å². The van der Waals surface area contributed by atoms with E-state index in [2.05, 4.69) is 39.5 Å². The van der Waals surface area contributed by atoms with Gasteiger partial charge in [0.15, 0.2) is 0 Å². The second kappa shape index (κ2) is 4.77. The van der Waals surface area contributed by atoms with Crippen molar-refractivity contribution in [2.24, 2.45) is 17.6 Å². The summed E-state index contributed by atoms with van der Waals surface area (Å²) in [7, 11) is 0. The van der Waals surface area contributed by atoms with E-state index in [0.29, 0.717) is 5.92 Å². The van der Waals surface area contributed by atoms with Crippen molar-refractivity contribution in [2.45, 2.75) is 64.7 Å². The summed E-state index contributed by atoms with van der Waals surface area (Å²) in [6.45, 7) is 14.5. The molecule has 2 saturated heterocycles. The van der Waals surface area contributed by atoms with Crippen LogP contribution in [0.15, 0.2) is 0 Å². The first-order chi connectivity index (χ1) is 8.22. The molecule has 0 aromatic carbocycles. The monoisotopic (exact) mass is 254 g/mol. The van der Waals surface area contributed by atoms with Crippen LogP contribution >= 0.6 is 0 Å². The highest BCUT2D eigenvalue weighted by atomic mass is 16.5. The predicted molar refractivity (Wildman–Crippen MR) is 75.5 cm³/mol. The Morgan fingerprint density at radius 1 is 1.22 bits per heavy atom. The molecule has 0 aromatic rings. The summed E-state index contributed by atoms with van der Waals surface area (Å²) in [5.74, 6) is 1.26. The molecule has 3 atom stereocenters. The molecule has 0 saturated carbocycles. The van der Waals surface area contributed by atoms with Crippen LogP contribution in [0.25, 0.3) is 0 Å². The van der Waals surface area contributed by atoms with Crippen molar-refractivity contribution in [3.63, 3.8) is 0 Å². The van der Waals surface area contributed by atoms with Crippen molar-refractivity contribution in [3.8, 4) is 0 Å². The SMILES string of the molecule is CC1CCCN(CC2C(N)C(C)(C)OC2(C)C)C1. The molecule has 0 spiro atoms. The van der Waals surface area contributed by atoms with Crippen molar-refractivity contribution in [3.05, 3.63) is 0 Å².